The minimum absolute atomic E-state index is 0.186. The summed E-state index contributed by atoms with van der Waals surface area (Å²) in [6.45, 7) is 7.37. The highest BCUT2D eigenvalue weighted by molar-refractivity contribution is 5.85. The first-order valence-corrected chi connectivity index (χ1v) is 8.72. The Bertz CT molecular complexity index is 539. The molecule has 1 aliphatic heterocycles. The molecular weight excluding hydrogens is 304 g/mol. The molecule has 1 amide bonds. The molecule has 5 heteroatoms. The van der Waals surface area contributed by atoms with Gasteiger partial charge in [-0.2, -0.15) is 0 Å². The Morgan fingerprint density at radius 2 is 1.92 bits per heavy atom. The lowest BCUT2D eigenvalue weighted by Crippen LogP contribution is -2.54. The van der Waals surface area contributed by atoms with Crippen molar-refractivity contribution in [3.63, 3.8) is 0 Å². The molecule has 0 spiro atoms. The number of likely N-dealkylation sites (N-methyl/N-ethyl adjacent to an activating group) is 1. The van der Waals surface area contributed by atoms with E-state index < -0.39 is 5.54 Å². The van der Waals surface area contributed by atoms with Gasteiger partial charge < -0.3 is 14.4 Å². The van der Waals surface area contributed by atoms with Gasteiger partial charge in [0.2, 0.25) is 5.91 Å². The van der Waals surface area contributed by atoms with E-state index in [1.54, 1.807) is 7.11 Å². The van der Waals surface area contributed by atoms with Gasteiger partial charge in [-0.3, -0.25) is 9.69 Å². The van der Waals surface area contributed by atoms with Crippen LogP contribution in [-0.4, -0.2) is 61.6 Å². The maximum Gasteiger partial charge on any atom is 0.242 e. The summed E-state index contributed by atoms with van der Waals surface area (Å²) < 4.78 is 10.9. The van der Waals surface area contributed by atoms with Crippen LogP contribution in [0, 0.1) is 0 Å². The number of methoxy groups -OCH3 is 1. The van der Waals surface area contributed by atoms with Crippen molar-refractivity contribution in [2.45, 2.75) is 38.6 Å². The van der Waals surface area contributed by atoms with Gasteiger partial charge in [0.15, 0.2) is 0 Å². The van der Waals surface area contributed by atoms with Gasteiger partial charge in [-0.15, -0.1) is 0 Å². The zero-order valence-electron chi connectivity index (χ0n) is 15.4. The smallest absolute Gasteiger partial charge is 0.242 e. The molecule has 24 heavy (non-hydrogen) atoms. The molecule has 0 aromatic heterocycles. The first kappa shape index (κ1) is 18.6. The van der Waals surface area contributed by atoms with Crippen LogP contribution in [0.2, 0.25) is 0 Å². The molecule has 5 nitrogen and oxygen atoms in total. The van der Waals surface area contributed by atoms with E-state index in [9.17, 15) is 4.79 Å². The van der Waals surface area contributed by atoms with Crippen molar-refractivity contribution in [2.24, 2.45) is 0 Å². The highest BCUT2D eigenvalue weighted by Crippen LogP contribution is 2.23. The number of carbonyl (C=O) groups is 1. The quantitative estimate of drug-likeness (QED) is 0.686. The van der Waals surface area contributed by atoms with Crippen molar-refractivity contribution < 1.29 is 14.3 Å². The zero-order chi connectivity index (χ0) is 17.6. The molecule has 2 rings (SSSR count). The van der Waals surface area contributed by atoms with Gasteiger partial charge in [-0.1, -0.05) is 6.07 Å². The molecule has 1 fully saturated rings. The predicted molar refractivity (Wildman–Crippen MR) is 95.6 cm³/mol. The summed E-state index contributed by atoms with van der Waals surface area (Å²) >= 11 is 0. The summed E-state index contributed by atoms with van der Waals surface area (Å²) in [5, 5.41) is 0. The van der Waals surface area contributed by atoms with Crippen molar-refractivity contribution >= 4 is 5.91 Å². The Labute approximate surface area is 145 Å². The molecule has 1 aromatic rings. The second kappa shape index (κ2) is 8.38. The molecule has 0 aliphatic carbocycles. The molecule has 1 heterocycles. The third kappa shape index (κ3) is 4.63. The monoisotopic (exact) mass is 334 g/mol. The van der Waals surface area contributed by atoms with Crippen molar-refractivity contribution in [1.29, 1.82) is 0 Å². The van der Waals surface area contributed by atoms with E-state index in [4.69, 9.17) is 9.47 Å². The van der Waals surface area contributed by atoms with E-state index in [0.717, 1.165) is 31.0 Å². The van der Waals surface area contributed by atoms with E-state index in [1.165, 1.54) is 12.8 Å². The fourth-order valence-electron chi connectivity index (χ4n) is 3.16. The SMILES string of the molecule is COc1cccc(OCCCN(C)C(=O)C(C)(C)N2CCCC2)c1. The maximum absolute atomic E-state index is 12.7. The number of hydrogen-bond donors (Lipinski definition) is 0. The number of benzene rings is 1. The number of likely N-dealkylation sites (tertiary alicyclic amines) is 1. The van der Waals surface area contributed by atoms with Crippen LogP contribution in [-0.2, 0) is 4.79 Å². The van der Waals surface area contributed by atoms with Crippen LogP contribution in [0.15, 0.2) is 24.3 Å². The largest absolute Gasteiger partial charge is 0.497 e. The first-order valence-electron chi connectivity index (χ1n) is 8.72. The summed E-state index contributed by atoms with van der Waals surface area (Å²) in [7, 11) is 3.52. The van der Waals surface area contributed by atoms with Crippen LogP contribution < -0.4 is 9.47 Å². The standard InChI is InChI=1S/C19H30N2O3/c1-19(2,21-12-5-6-13-21)18(22)20(3)11-8-14-24-17-10-7-9-16(15-17)23-4/h7,9-10,15H,5-6,8,11-14H2,1-4H3. The van der Waals surface area contributed by atoms with Crippen molar-refractivity contribution in [2.75, 3.05) is 40.4 Å². The molecule has 0 unspecified atom stereocenters. The number of ether oxygens (including phenoxy) is 2. The van der Waals surface area contributed by atoms with E-state index in [2.05, 4.69) is 4.90 Å². The lowest BCUT2D eigenvalue weighted by molar-refractivity contribution is -0.140. The fourth-order valence-corrected chi connectivity index (χ4v) is 3.16. The average molecular weight is 334 g/mol. The molecular formula is C19H30N2O3. The minimum Gasteiger partial charge on any atom is -0.497 e. The molecule has 0 atom stereocenters. The summed E-state index contributed by atoms with van der Waals surface area (Å²) in [4.78, 5) is 16.8. The Balaban J connectivity index is 1.75. The van der Waals surface area contributed by atoms with Gasteiger partial charge in [0, 0.05) is 19.7 Å². The molecule has 0 bridgehead atoms. The van der Waals surface area contributed by atoms with Gasteiger partial charge in [-0.05, 0) is 58.3 Å². The third-order valence-corrected chi connectivity index (χ3v) is 4.71. The molecule has 0 radical (unpaired) electrons. The lowest BCUT2D eigenvalue weighted by Gasteiger charge is -2.37. The molecule has 1 aromatic carbocycles. The Morgan fingerprint density at radius 1 is 1.25 bits per heavy atom. The summed E-state index contributed by atoms with van der Waals surface area (Å²) in [5.74, 6) is 1.76. The molecule has 0 saturated carbocycles. The molecule has 1 aliphatic rings. The van der Waals surface area contributed by atoms with Crippen LogP contribution in [0.1, 0.15) is 33.1 Å². The third-order valence-electron chi connectivity index (χ3n) is 4.71. The van der Waals surface area contributed by atoms with Crippen LogP contribution in [0.3, 0.4) is 0 Å². The number of hydrogen-bond acceptors (Lipinski definition) is 4. The Hall–Kier alpha value is -1.75. The summed E-state index contributed by atoms with van der Waals surface area (Å²) in [5.41, 5.74) is -0.418. The van der Waals surface area contributed by atoms with Gasteiger partial charge in [-0.25, -0.2) is 0 Å². The second-order valence-electron chi connectivity index (χ2n) is 6.86. The van der Waals surface area contributed by atoms with Gasteiger partial charge in [0.25, 0.3) is 0 Å². The van der Waals surface area contributed by atoms with E-state index in [1.807, 2.05) is 50.1 Å². The van der Waals surface area contributed by atoms with Gasteiger partial charge in [0.1, 0.15) is 11.5 Å². The highest BCUT2D eigenvalue weighted by atomic mass is 16.5. The van der Waals surface area contributed by atoms with Gasteiger partial charge >= 0.3 is 0 Å². The number of amides is 1. The van der Waals surface area contributed by atoms with E-state index in [0.29, 0.717) is 13.2 Å². The molecule has 134 valence electrons. The first-order chi connectivity index (χ1) is 11.4. The maximum atomic E-state index is 12.7. The van der Waals surface area contributed by atoms with Crippen LogP contribution >= 0.6 is 0 Å². The van der Waals surface area contributed by atoms with E-state index >= 15 is 0 Å². The number of nitrogens with zero attached hydrogens (tertiary/aromatic N) is 2. The van der Waals surface area contributed by atoms with Gasteiger partial charge in [0.05, 0.1) is 19.3 Å². The van der Waals surface area contributed by atoms with Crippen molar-refractivity contribution in [3.05, 3.63) is 24.3 Å². The second-order valence-corrected chi connectivity index (χ2v) is 6.86. The molecule has 0 N–H and O–H groups in total. The lowest BCUT2D eigenvalue weighted by atomic mass is 10.0. The topological polar surface area (TPSA) is 42.0 Å². The summed E-state index contributed by atoms with van der Waals surface area (Å²) in [6.07, 6.45) is 3.18. The number of rotatable bonds is 8. The normalized spacial score (nSPS) is 15.3. The average Bonchev–Trinajstić information content (AvgIpc) is 3.13. The Morgan fingerprint density at radius 3 is 2.58 bits per heavy atom. The highest BCUT2D eigenvalue weighted by Gasteiger charge is 2.37. The fraction of sp³-hybridized carbons (Fsp3) is 0.632. The minimum atomic E-state index is -0.418. The van der Waals surface area contributed by atoms with Crippen LogP contribution in [0.5, 0.6) is 11.5 Å². The van der Waals surface area contributed by atoms with Crippen LogP contribution in [0.25, 0.3) is 0 Å². The van der Waals surface area contributed by atoms with E-state index in [-0.39, 0.29) is 5.91 Å². The summed E-state index contributed by atoms with van der Waals surface area (Å²) in [6, 6.07) is 7.57. The van der Waals surface area contributed by atoms with Crippen molar-refractivity contribution in [3.8, 4) is 11.5 Å². The molecule has 1 saturated heterocycles. The van der Waals surface area contributed by atoms with Crippen molar-refractivity contribution in [1.82, 2.24) is 9.80 Å². The zero-order valence-corrected chi connectivity index (χ0v) is 15.4. The predicted octanol–water partition coefficient (Wildman–Crippen LogP) is 2.80. The number of carbonyl (C=O) groups excluding carboxylic acids is 1. The Kier molecular flexibility index (Phi) is 6.49. The van der Waals surface area contributed by atoms with Crippen LogP contribution in [0.4, 0.5) is 0 Å².